The highest BCUT2D eigenvalue weighted by atomic mass is 31.2. The first-order chi connectivity index (χ1) is 4.90. The van der Waals surface area contributed by atoms with E-state index < -0.39 is 13.6 Å². The summed E-state index contributed by atoms with van der Waals surface area (Å²) in [5, 5.41) is 7.99. The summed E-state index contributed by atoms with van der Waals surface area (Å²) in [5.74, 6) is -1.27. The van der Waals surface area contributed by atoms with Crippen LogP contribution in [0.2, 0.25) is 0 Å². The molecule has 0 aromatic heterocycles. The average molecular weight is 180 g/mol. The third kappa shape index (κ3) is 3.32. The van der Waals surface area contributed by atoms with Gasteiger partial charge in [0, 0.05) is 18.5 Å². The zero-order valence-electron chi connectivity index (χ0n) is 6.14. The fraction of sp³-hybridized carbons (Fsp3) is 0.400. The standard InChI is InChI=1S/C5H9O5P/c1-4(3-5(6)7)11(8,9)10-2/h3H,1-2H3,(H,6,7)(H,8,9)/b4-3-. The Kier molecular flexibility index (Phi) is 3.45. The molecule has 0 fully saturated rings. The van der Waals surface area contributed by atoms with Crippen molar-refractivity contribution in [2.45, 2.75) is 6.92 Å². The van der Waals surface area contributed by atoms with Crippen molar-refractivity contribution in [3.8, 4) is 0 Å². The molecule has 11 heavy (non-hydrogen) atoms. The molecule has 0 aromatic carbocycles. The molecule has 0 saturated heterocycles. The van der Waals surface area contributed by atoms with Crippen LogP contribution in [0.3, 0.4) is 0 Å². The van der Waals surface area contributed by atoms with Crippen molar-refractivity contribution in [2.24, 2.45) is 0 Å². The molecule has 0 aliphatic rings. The Morgan fingerprint density at radius 2 is 2.09 bits per heavy atom. The molecule has 0 radical (unpaired) electrons. The van der Waals surface area contributed by atoms with Crippen molar-refractivity contribution in [2.75, 3.05) is 7.11 Å². The minimum atomic E-state index is -3.84. The fourth-order valence-electron chi connectivity index (χ4n) is 0.404. The van der Waals surface area contributed by atoms with Crippen LogP contribution in [0, 0.1) is 0 Å². The number of allylic oxidation sites excluding steroid dienone is 1. The first kappa shape index (κ1) is 10.4. The molecule has 0 rings (SSSR count). The van der Waals surface area contributed by atoms with E-state index in [0.29, 0.717) is 6.08 Å². The highest BCUT2D eigenvalue weighted by Gasteiger charge is 2.20. The number of carboxylic acids is 1. The Labute approximate surface area is 63.8 Å². The number of hydrogen-bond donors (Lipinski definition) is 2. The van der Waals surface area contributed by atoms with E-state index in [4.69, 9.17) is 10.00 Å². The molecule has 0 aromatic rings. The van der Waals surface area contributed by atoms with Crippen LogP contribution in [0.1, 0.15) is 6.92 Å². The van der Waals surface area contributed by atoms with Crippen molar-refractivity contribution in [3.05, 3.63) is 11.4 Å². The highest BCUT2D eigenvalue weighted by Crippen LogP contribution is 2.49. The normalized spacial score (nSPS) is 17.5. The van der Waals surface area contributed by atoms with Gasteiger partial charge in [0.15, 0.2) is 0 Å². The van der Waals surface area contributed by atoms with Crippen molar-refractivity contribution in [1.82, 2.24) is 0 Å². The van der Waals surface area contributed by atoms with Crippen LogP contribution in [0.5, 0.6) is 0 Å². The second-order valence-corrected chi connectivity index (χ2v) is 3.94. The molecule has 1 atom stereocenters. The van der Waals surface area contributed by atoms with E-state index in [1.807, 2.05) is 0 Å². The van der Waals surface area contributed by atoms with E-state index in [0.717, 1.165) is 7.11 Å². The Bertz CT molecular complexity index is 231. The number of aliphatic carboxylic acids is 1. The topological polar surface area (TPSA) is 83.8 Å². The van der Waals surface area contributed by atoms with Crippen LogP contribution in [0.15, 0.2) is 11.4 Å². The van der Waals surface area contributed by atoms with Crippen molar-refractivity contribution >= 4 is 13.6 Å². The van der Waals surface area contributed by atoms with E-state index in [-0.39, 0.29) is 5.31 Å². The van der Waals surface area contributed by atoms with Crippen LogP contribution in [0.25, 0.3) is 0 Å². The summed E-state index contributed by atoms with van der Waals surface area (Å²) in [6.45, 7) is 1.22. The van der Waals surface area contributed by atoms with Gasteiger partial charge in [-0.05, 0) is 6.92 Å². The summed E-state index contributed by atoms with van der Waals surface area (Å²) >= 11 is 0. The third-order valence-electron chi connectivity index (χ3n) is 1.03. The average Bonchev–Trinajstić information content (AvgIpc) is 1.86. The summed E-state index contributed by atoms with van der Waals surface area (Å²) in [7, 11) is -2.80. The Morgan fingerprint density at radius 3 is 2.36 bits per heavy atom. The maximum Gasteiger partial charge on any atom is 0.354 e. The lowest BCUT2D eigenvalue weighted by molar-refractivity contribution is -0.131. The SMILES string of the molecule is COP(=O)(O)/C(C)=C\C(=O)O. The van der Waals surface area contributed by atoms with Crippen molar-refractivity contribution in [1.29, 1.82) is 0 Å². The maximum atomic E-state index is 10.8. The number of carboxylic acid groups (broad SMARTS) is 1. The van der Waals surface area contributed by atoms with Gasteiger partial charge in [-0.25, -0.2) is 4.79 Å². The van der Waals surface area contributed by atoms with Crippen LogP contribution < -0.4 is 0 Å². The van der Waals surface area contributed by atoms with Crippen molar-refractivity contribution < 1.29 is 23.9 Å². The predicted molar refractivity (Wildman–Crippen MR) is 38.2 cm³/mol. The summed E-state index contributed by atoms with van der Waals surface area (Å²) in [6.07, 6.45) is 0.643. The number of carbonyl (C=O) groups is 1. The van der Waals surface area contributed by atoms with Gasteiger partial charge in [-0.2, -0.15) is 0 Å². The molecule has 6 heteroatoms. The van der Waals surface area contributed by atoms with Gasteiger partial charge >= 0.3 is 13.6 Å². The molecule has 64 valence electrons. The van der Waals surface area contributed by atoms with E-state index >= 15 is 0 Å². The second-order valence-electron chi connectivity index (χ2n) is 1.83. The summed E-state index contributed by atoms with van der Waals surface area (Å²) in [4.78, 5) is 18.9. The third-order valence-corrected chi connectivity index (χ3v) is 2.54. The van der Waals surface area contributed by atoms with Gasteiger partial charge in [-0.15, -0.1) is 0 Å². The second kappa shape index (κ2) is 3.67. The van der Waals surface area contributed by atoms with E-state index in [1.54, 1.807) is 0 Å². The lowest BCUT2D eigenvalue weighted by Crippen LogP contribution is -1.92. The minimum absolute atomic E-state index is 0.187. The Morgan fingerprint density at radius 1 is 1.64 bits per heavy atom. The summed E-state index contributed by atoms with van der Waals surface area (Å²) in [5.41, 5.74) is 0. The smallest absolute Gasteiger partial charge is 0.354 e. The highest BCUT2D eigenvalue weighted by molar-refractivity contribution is 7.57. The molecule has 0 saturated carbocycles. The van der Waals surface area contributed by atoms with Crippen LogP contribution in [-0.4, -0.2) is 23.1 Å². The van der Waals surface area contributed by atoms with Gasteiger partial charge < -0.3 is 14.5 Å². The van der Waals surface area contributed by atoms with Gasteiger partial charge in [-0.1, -0.05) is 0 Å². The monoisotopic (exact) mass is 180 g/mol. The molecular formula is C5H9O5P. The Balaban J connectivity index is 4.61. The van der Waals surface area contributed by atoms with Gasteiger partial charge in [0.2, 0.25) is 0 Å². The Hall–Kier alpha value is -0.640. The van der Waals surface area contributed by atoms with E-state index in [9.17, 15) is 9.36 Å². The van der Waals surface area contributed by atoms with Crippen molar-refractivity contribution in [3.63, 3.8) is 0 Å². The van der Waals surface area contributed by atoms with E-state index in [1.165, 1.54) is 6.92 Å². The molecule has 0 bridgehead atoms. The lowest BCUT2D eigenvalue weighted by atomic mass is 10.5. The molecule has 2 N–H and O–H groups in total. The molecule has 5 nitrogen and oxygen atoms in total. The molecule has 1 unspecified atom stereocenters. The fourth-order valence-corrected chi connectivity index (χ4v) is 0.966. The first-order valence-electron chi connectivity index (χ1n) is 2.70. The zero-order chi connectivity index (χ0) is 9.07. The summed E-state index contributed by atoms with van der Waals surface area (Å²) < 4.78 is 15.0. The number of hydrogen-bond acceptors (Lipinski definition) is 3. The summed E-state index contributed by atoms with van der Waals surface area (Å²) in [6, 6.07) is 0. The van der Waals surface area contributed by atoms with Crippen LogP contribution >= 0.6 is 7.60 Å². The molecule has 0 heterocycles. The molecular weight excluding hydrogens is 171 g/mol. The molecule has 0 amide bonds. The first-order valence-corrected chi connectivity index (χ1v) is 4.28. The van der Waals surface area contributed by atoms with Gasteiger partial charge in [0.05, 0.1) is 0 Å². The molecule has 0 aliphatic carbocycles. The largest absolute Gasteiger partial charge is 0.478 e. The minimum Gasteiger partial charge on any atom is -0.478 e. The quantitative estimate of drug-likeness (QED) is 0.495. The van der Waals surface area contributed by atoms with Gasteiger partial charge in [-0.3, -0.25) is 4.57 Å². The van der Waals surface area contributed by atoms with Crippen LogP contribution in [0.4, 0.5) is 0 Å². The van der Waals surface area contributed by atoms with E-state index in [2.05, 4.69) is 4.52 Å². The van der Waals surface area contributed by atoms with Gasteiger partial charge in [0.25, 0.3) is 0 Å². The van der Waals surface area contributed by atoms with Gasteiger partial charge in [0.1, 0.15) is 0 Å². The zero-order valence-corrected chi connectivity index (χ0v) is 7.04. The number of rotatable bonds is 3. The van der Waals surface area contributed by atoms with Crippen LogP contribution in [-0.2, 0) is 13.9 Å². The molecule has 0 spiro atoms. The molecule has 0 aliphatic heterocycles. The predicted octanol–water partition coefficient (Wildman–Crippen LogP) is 0.807. The lowest BCUT2D eigenvalue weighted by Gasteiger charge is -2.06. The maximum absolute atomic E-state index is 10.8.